The average molecular weight is 363 g/mol. The standard InChI is InChI=1S/C17H13BrF2N2/c18-9-4-5-14-12(8-9)10-6-7-21-16(17(10)22-14)11-2-1-3-13(19)15(11)20/h1-5,8,16,21-22H,6-7H2. The third-order valence-corrected chi connectivity index (χ3v) is 4.70. The minimum Gasteiger partial charge on any atom is -0.357 e. The Labute approximate surface area is 134 Å². The van der Waals surface area contributed by atoms with E-state index in [2.05, 4.69) is 32.3 Å². The molecule has 2 nitrogen and oxygen atoms in total. The fraction of sp³-hybridized carbons (Fsp3) is 0.176. The van der Waals surface area contributed by atoms with Gasteiger partial charge in [0.05, 0.1) is 6.04 Å². The van der Waals surface area contributed by atoms with Gasteiger partial charge in [0, 0.05) is 33.2 Å². The van der Waals surface area contributed by atoms with Crippen LogP contribution in [0.4, 0.5) is 8.78 Å². The molecular formula is C17H13BrF2N2. The first-order chi connectivity index (χ1) is 10.6. The van der Waals surface area contributed by atoms with Gasteiger partial charge in [0.15, 0.2) is 11.6 Å². The van der Waals surface area contributed by atoms with Crippen LogP contribution in [0.15, 0.2) is 40.9 Å². The van der Waals surface area contributed by atoms with Crippen LogP contribution in [0.3, 0.4) is 0 Å². The Morgan fingerprint density at radius 2 is 2.00 bits per heavy atom. The molecule has 0 saturated heterocycles. The lowest BCUT2D eigenvalue weighted by molar-refractivity contribution is 0.472. The highest BCUT2D eigenvalue weighted by Crippen LogP contribution is 2.35. The lowest BCUT2D eigenvalue weighted by Gasteiger charge is -2.25. The number of benzene rings is 2. The smallest absolute Gasteiger partial charge is 0.163 e. The zero-order chi connectivity index (χ0) is 15.3. The van der Waals surface area contributed by atoms with Crippen molar-refractivity contribution in [2.45, 2.75) is 12.5 Å². The number of aromatic amines is 1. The predicted molar refractivity (Wildman–Crippen MR) is 85.9 cm³/mol. The zero-order valence-electron chi connectivity index (χ0n) is 11.6. The summed E-state index contributed by atoms with van der Waals surface area (Å²) in [6.45, 7) is 0.729. The summed E-state index contributed by atoms with van der Waals surface area (Å²) >= 11 is 3.49. The van der Waals surface area contributed by atoms with Crippen LogP contribution in [0.2, 0.25) is 0 Å². The van der Waals surface area contributed by atoms with Crippen molar-refractivity contribution < 1.29 is 8.78 Å². The van der Waals surface area contributed by atoms with Crippen LogP contribution in [0.25, 0.3) is 10.9 Å². The molecule has 0 aliphatic carbocycles. The lowest BCUT2D eigenvalue weighted by atomic mass is 9.94. The fourth-order valence-electron chi connectivity index (χ4n) is 3.21. The maximum Gasteiger partial charge on any atom is 0.163 e. The number of hydrogen-bond acceptors (Lipinski definition) is 1. The van der Waals surface area contributed by atoms with Crippen molar-refractivity contribution in [3.8, 4) is 0 Å². The predicted octanol–water partition coefficient (Wildman–Crippen LogP) is 4.44. The molecule has 0 fully saturated rings. The van der Waals surface area contributed by atoms with Crippen LogP contribution in [0, 0.1) is 11.6 Å². The third-order valence-electron chi connectivity index (χ3n) is 4.21. The van der Waals surface area contributed by atoms with E-state index in [1.54, 1.807) is 12.1 Å². The van der Waals surface area contributed by atoms with Gasteiger partial charge in [-0.05, 0) is 36.2 Å². The molecule has 0 bridgehead atoms. The van der Waals surface area contributed by atoms with E-state index in [-0.39, 0.29) is 6.04 Å². The highest BCUT2D eigenvalue weighted by atomic mass is 79.9. The number of aromatic nitrogens is 1. The summed E-state index contributed by atoms with van der Waals surface area (Å²) < 4.78 is 28.7. The second-order valence-corrected chi connectivity index (χ2v) is 6.40. The molecular weight excluding hydrogens is 350 g/mol. The van der Waals surface area contributed by atoms with Crippen LogP contribution in [0.5, 0.6) is 0 Å². The van der Waals surface area contributed by atoms with Crippen molar-refractivity contribution in [2.75, 3.05) is 6.54 Å². The number of nitrogens with one attached hydrogen (secondary N) is 2. The van der Waals surface area contributed by atoms with Crippen molar-refractivity contribution >= 4 is 26.8 Å². The minimum atomic E-state index is -0.815. The van der Waals surface area contributed by atoms with E-state index in [0.717, 1.165) is 40.1 Å². The van der Waals surface area contributed by atoms with Gasteiger partial charge in [-0.1, -0.05) is 28.1 Å². The highest BCUT2D eigenvalue weighted by molar-refractivity contribution is 9.10. The summed E-state index contributed by atoms with van der Waals surface area (Å²) in [5.41, 5.74) is 3.44. The molecule has 1 atom stereocenters. The first-order valence-corrected chi connectivity index (χ1v) is 7.92. The van der Waals surface area contributed by atoms with E-state index in [0.29, 0.717) is 5.56 Å². The molecule has 1 unspecified atom stereocenters. The molecule has 1 aromatic heterocycles. The van der Waals surface area contributed by atoms with Crippen LogP contribution in [-0.4, -0.2) is 11.5 Å². The Morgan fingerprint density at radius 1 is 1.14 bits per heavy atom. The van der Waals surface area contributed by atoms with Gasteiger partial charge in [0.2, 0.25) is 0 Å². The molecule has 4 rings (SSSR count). The maximum atomic E-state index is 14.2. The van der Waals surface area contributed by atoms with Gasteiger partial charge in [-0.15, -0.1) is 0 Å². The summed E-state index contributed by atoms with van der Waals surface area (Å²) in [4.78, 5) is 3.37. The van der Waals surface area contributed by atoms with E-state index in [1.165, 1.54) is 5.56 Å². The second kappa shape index (κ2) is 5.18. The van der Waals surface area contributed by atoms with Gasteiger partial charge in [-0.3, -0.25) is 0 Å². The Morgan fingerprint density at radius 3 is 2.86 bits per heavy atom. The minimum absolute atomic E-state index is 0.339. The summed E-state index contributed by atoms with van der Waals surface area (Å²) in [6.07, 6.45) is 0.860. The molecule has 0 saturated carbocycles. The number of halogens is 3. The Balaban J connectivity index is 1.92. The van der Waals surface area contributed by atoms with Crippen LogP contribution in [0.1, 0.15) is 22.9 Å². The van der Waals surface area contributed by atoms with E-state index < -0.39 is 11.6 Å². The highest BCUT2D eigenvalue weighted by Gasteiger charge is 2.28. The van der Waals surface area contributed by atoms with Crippen molar-refractivity contribution in [1.82, 2.24) is 10.3 Å². The monoisotopic (exact) mass is 362 g/mol. The third kappa shape index (κ3) is 2.08. The first-order valence-electron chi connectivity index (χ1n) is 7.12. The first kappa shape index (κ1) is 13.9. The normalized spacial score (nSPS) is 17.7. The van der Waals surface area contributed by atoms with Gasteiger partial charge in [0.25, 0.3) is 0 Å². The number of rotatable bonds is 1. The van der Waals surface area contributed by atoms with Crippen LogP contribution >= 0.6 is 15.9 Å². The maximum absolute atomic E-state index is 14.2. The quantitative estimate of drug-likeness (QED) is 0.657. The molecule has 1 aliphatic rings. The number of hydrogen-bond donors (Lipinski definition) is 2. The SMILES string of the molecule is Fc1cccc(C2NCCc3c2[nH]c2ccc(Br)cc32)c1F. The van der Waals surface area contributed by atoms with Gasteiger partial charge >= 0.3 is 0 Å². The second-order valence-electron chi connectivity index (χ2n) is 5.49. The largest absolute Gasteiger partial charge is 0.357 e. The van der Waals surface area contributed by atoms with Gasteiger partial charge < -0.3 is 10.3 Å². The Kier molecular flexibility index (Phi) is 3.27. The Hall–Kier alpha value is -1.72. The molecule has 2 heterocycles. The molecule has 0 amide bonds. The zero-order valence-corrected chi connectivity index (χ0v) is 13.2. The van der Waals surface area contributed by atoms with E-state index in [4.69, 9.17) is 0 Å². The molecule has 2 N–H and O–H groups in total. The summed E-state index contributed by atoms with van der Waals surface area (Å²) in [6, 6.07) is 9.99. The van der Waals surface area contributed by atoms with Gasteiger partial charge in [0.1, 0.15) is 0 Å². The van der Waals surface area contributed by atoms with Crippen molar-refractivity contribution in [2.24, 2.45) is 0 Å². The van der Waals surface area contributed by atoms with E-state index in [1.807, 2.05) is 12.1 Å². The summed E-state index contributed by atoms with van der Waals surface area (Å²) in [5, 5.41) is 4.42. The molecule has 2 aromatic carbocycles. The van der Waals surface area contributed by atoms with Crippen LogP contribution in [-0.2, 0) is 6.42 Å². The van der Waals surface area contributed by atoms with Crippen molar-refractivity contribution in [3.05, 3.63) is 69.3 Å². The van der Waals surface area contributed by atoms with Crippen molar-refractivity contribution in [1.29, 1.82) is 0 Å². The molecule has 5 heteroatoms. The van der Waals surface area contributed by atoms with Crippen molar-refractivity contribution in [3.63, 3.8) is 0 Å². The molecule has 3 aromatic rings. The average Bonchev–Trinajstić information content (AvgIpc) is 2.88. The van der Waals surface area contributed by atoms with E-state index in [9.17, 15) is 8.78 Å². The number of H-pyrrole nitrogens is 1. The van der Waals surface area contributed by atoms with E-state index >= 15 is 0 Å². The molecule has 22 heavy (non-hydrogen) atoms. The van der Waals surface area contributed by atoms with Gasteiger partial charge in [-0.25, -0.2) is 8.78 Å². The van der Waals surface area contributed by atoms with Gasteiger partial charge in [-0.2, -0.15) is 0 Å². The fourth-order valence-corrected chi connectivity index (χ4v) is 3.57. The molecule has 112 valence electrons. The summed E-state index contributed by atoms with van der Waals surface area (Å²) in [5.74, 6) is -1.60. The summed E-state index contributed by atoms with van der Waals surface area (Å²) in [7, 11) is 0. The molecule has 0 radical (unpaired) electrons. The van der Waals surface area contributed by atoms with Crippen LogP contribution < -0.4 is 5.32 Å². The Bertz CT molecular complexity index is 872. The molecule has 0 spiro atoms. The lowest BCUT2D eigenvalue weighted by Crippen LogP contribution is -2.31. The number of fused-ring (bicyclic) bond motifs is 3. The topological polar surface area (TPSA) is 27.8 Å². The molecule has 1 aliphatic heterocycles.